The molecule has 0 saturated heterocycles. The molecule has 0 radical (unpaired) electrons. The molecular formula is C14H29NO4. The molecule has 1 saturated carbocycles. The van der Waals surface area contributed by atoms with Gasteiger partial charge in [-0.3, -0.25) is 0 Å². The normalized spacial score (nSPS) is 27.6. The Bertz CT molecular complexity index is 216. The topological polar surface area (TPSA) is 62.9 Å². The summed E-state index contributed by atoms with van der Waals surface area (Å²) in [6.45, 7) is 5.92. The van der Waals surface area contributed by atoms with Gasteiger partial charge in [0.15, 0.2) is 0 Å². The summed E-state index contributed by atoms with van der Waals surface area (Å²) in [6, 6.07) is 0.188. The quantitative estimate of drug-likeness (QED) is 0.607. The Morgan fingerprint density at radius 1 is 0.947 bits per heavy atom. The first kappa shape index (κ1) is 16.9. The Kier molecular flexibility index (Phi) is 9.38. The van der Waals surface area contributed by atoms with E-state index in [1.165, 1.54) is 6.42 Å². The zero-order chi connectivity index (χ0) is 13.9. The lowest BCUT2D eigenvalue weighted by atomic mass is 9.85. The second kappa shape index (κ2) is 10.6. The number of hydrogen-bond donors (Lipinski definition) is 1. The van der Waals surface area contributed by atoms with E-state index in [-0.39, 0.29) is 12.1 Å². The smallest absolute Gasteiger partial charge is 0.0729 e. The van der Waals surface area contributed by atoms with Crippen molar-refractivity contribution in [2.24, 2.45) is 11.7 Å². The third-order valence-electron chi connectivity index (χ3n) is 3.47. The number of ether oxygens (including phenoxy) is 4. The van der Waals surface area contributed by atoms with Gasteiger partial charge < -0.3 is 24.7 Å². The Balaban J connectivity index is 1.90. The van der Waals surface area contributed by atoms with Crippen molar-refractivity contribution in [3.05, 3.63) is 0 Å². The highest BCUT2D eigenvalue weighted by Gasteiger charge is 2.26. The summed E-state index contributed by atoms with van der Waals surface area (Å²) in [5, 5.41) is 0. The lowest BCUT2D eigenvalue weighted by Gasteiger charge is -2.32. The molecule has 1 aliphatic rings. The van der Waals surface area contributed by atoms with Gasteiger partial charge in [-0.25, -0.2) is 0 Å². The van der Waals surface area contributed by atoms with Crippen molar-refractivity contribution in [3.8, 4) is 0 Å². The Morgan fingerprint density at radius 2 is 1.58 bits per heavy atom. The van der Waals surface area contributed by atoms with Gasteiger partial charge in [0.05, 0.1) is 45.7 Å². The molecule has 1 aliphatic carbocycles. The number of methoxy groups -OCH3 is 1. The predicted molar refractivity (Wildman–Crippen MR) is 74.2 cm³/mol. The van der Waals surface area contributed by atoms with Crippen LogP contribution in [0.15, 0.2) is 0 Å². The summed E-state index contributed by atoms with van der Waals surface area (Å²) >= 11 is 0. The zero-order valence-corrected chi connectivity index (χ0v) is 12.3. The van der Waals surface area contributed by atoms with E-state index in [4.69, 9.17) is 24.7 Å². The molecule has 0 aliphatic heterocycles. The first-order valence-corrected chi connectivity index (χ1v) is 7.25. The van der Waals surface area contributed by atoms with Crippen LogP contribution < -0.4 is 5.73 Å². The molecule has 19 heavy (non-hydrogen) atoms. The van der Waals surface area contributed by atoms with E-state index in [1.54, 1.807) is 7.11 Å². The van der Waals surface area contributed by atoms with Gasteiger partial charge in [-0.1, -0.05) is 6.92 Å². The second-order valence-corrected chi connectivity index (χ2v) is 5.21. The molecular weight excluding hydrogens is 246 g/mol. The van der Waals surface area contributed by atoms with E-state index in [0.29, 0.717) is 39.6 Å². The predicted octanol–water partition coefficient (Wildman–Crippen LogP) is 1.20. The SMILES string of the molecule is COCCOCCOCCOC1CC(C)CCC1N. The Morgan fingerprint density at radius 3 is 2.26 bits per heavy atom. The maximum absolute atomic E-state index is 6.05. The van der Waals surface area contributed by atoms with Crippen LogP contribution in [0.1, 0.15) is 26.2 Å². The molecule has 1 fully saturated rings. The molecule has 0 amide bonds. The van der Waals surface area contributed by atoms with E-state index in [1.807, 2.05) is 0 Å². The van der Waals surface area contributed by atoms with Crippen LogP contribution in [-0.2, 0) is 18.9 Å². The van der Waals surface area contributed by atoms with E-state index in [0.717, 1.165) is 18.8 Å². The van der Waals surface area contributed by atoms with Crippen molar-refractivity contribution in [2.75, 3.05) is 46.8 Å². The first-order valence-electron chi connectivity index (χ1n) is 7.25. The summed E-state index contributed by atoms with van der Waals surface area (Å²) in [5.41, 5.74) is 6.05. The average Bonchev–Trinajstić information content (AvgIpc) is 2.40. The molecule has 1 rings (SSSR count). The lowest BCUT2D eigenvalue weighted by molar-refractivity contribution is -0.0375. The fourth-order valence-electron chi connectivity index (χ4n) is 2.27. The van der Waals surface area contributed by atoms with Gasteiger partial charge in [0.25, 0.3) is 0 Å². The number of hydrogen-bond acceptors (Lipinski definition) is 5. The molecule has 3 unspecified atom stereocenters. The monoisotopic (exact) mass is 275 g/mol. The van der Waals surface area contributed by atoms with Gasteiger partial charge in [-0.2, -0.15) is 0 Å². The van der Waals surface area contributed by atoms with Gasteiger partial charge in [-0.05, 0) is 25.2 Å². The minimum atomic E-state index is 0.188. The number of nitrogens with two attached hydrogens (primary N) is 1. The van der Waals surface area contributed by atoms with Crippen molar-refractivity contribution in [3.63, 3.8) is 0 Å². The molecule has 0 spiro atoms. The third kappa shape index (κ3) is 7.84. The summed E-state index contributed by atoms with van der Waals surface area (Å²) in [5.74, 6) is 0.722. The summed E-state index contributed by atoms with van der Waals surface area (Å²) in [6.07, 6.45) is 3.56. The summed E-state index contributed by atoms with van der Waals surface area (Å²) in [4.78, 5) is 0. The Hall–Kier alpha value is -0.200. The summed E-state index contributed by atoms with van der Waals surface area (Å²) < 4.78 is 21.4. The molecule has 0 heterocycles. The molecule has 0 bridgehead atoms. The maximum Gasteiger partial charge on any atom is 0.0729 e. The highest BCUT2D eigenvalue weighted by molar-refractivity contribution is 4.81. The van der Waals surface area contributed by atoms with E-state index >= 15 is 0 Å². The highest BCUT2D eigenvalue weighted by Crippen LogP contribution is 2.24. The van der Waals surface area contributed by atoms with Crippen molar-refractivity contribution in [1.29, 1.82) is 0 Å². The fraction of sp³-hybridized carbons (Fsp3) is 1.00. The van der Waals surface area contributed by atoms with Gasteiger partial charge in [0.2, 0.25) is 0 Å². The summed E-state index contributed by atoms with van der Waals surface area (Å²) in [7, 11) is 1.66. The standard InChI is InChI=1S/C14H29NO4/c1-12-3-4-13(15)14(11-12)19-10-9-18-8-7-17-6-5-16-2/h12-14H,3-11,15H2,1-2H3. The minimum Gasteiger partial charge on any atom is -0.382 e. The van der Waals surface area contributed by atoms with Gasteiger partial charge >= 0.3 is 0 Å². The largest absolute Gasteiger partial charge is 0.382 e. The van der Waals surface area contributed by atoms with Crippen LogP contribution in [0.5, 0.6) is 0 Å². The highest BCUT2D eigenvalue weighted by atomic mass is 16.6. The lowest BCUT2D eigenvalue weighted by Crippen LogP contribution is -2.42. The van der Waals surface area contributed by atoms with Gasteiger partial charge in [0.1, 0.15) is 0 Å². The third-order valence-corrected chi connectivity index (χ3v) is 3.47. The molecule has 0 aromatic rings. The fourth-order valence-corrected chi connectivity index (χ4v) is 2.27. The van der Waals surface area contributed by atoms with Crippen molar-refractivity contribution < 1.29 is 18.9 Å². The molecule has 3 atom stereocenters. The van der Waals surface area contributed by atoms with Crippen LogP contribution in [-0.4, -0.2) is 58.9 Å². The molecule has 0 aromatic heterocycles. The van der Waals surface area contributed by atoms with Gasteiger partial charge in [-0.15, -0.1) is 0 Å². The zero-order valence-electron chi connectivity index (χ0n) is 12.3. The van der Waals surface area contributed by atoms with Crippen LogP contribution >= 0.6 is 0 Å². The molecule has 2 N–H and O–H groups in total. The molecule has 0 aromatic carbocycles. The molecule has 114 valence electrons. The maximum atomic E-state index is 6.05. The molecule has 5 heteroatoms. The van der Waals surface area contributed by atoms with E-state index < -0.39 is 0 Å². The van der Waals surface area contributed by atoms with Crippen molar-refractivity contribution >= 4 is 0 Å². The van der Waals surface area contributed by atoms with Gasteiger partial charge in [0, 0.05) is 13.2 Å². The molecule has 5 nitrogen and oxygen atoms in total. The van der Waals surface area contributed by atoms with Crippen LogP contribution in [0.3, 0.4) is 0 Å². The Labute approximate surface area is 116 Å². The minimum absolute atomic E-state index is 0.188. The van der Waals surface area contributed by atoms with Crippen LogP contribution in [0, 0.1) is 5.92 Å². The van der Waals surface area contributed by atoms with Crippen LogP contribution in [0.4, 0.5) is 0 Å². The van der Waals surface area contributed by atoms with E-state index in [9.17, 15) is 0 Å². The number of rotatable bonds is 10. The average molecular weight is 275 g/mol. The van der Waals surface area contributed by atoms with Crippen molar-refractivity contribution in [2.45, 2.75) is 38.3 Å². The second-order valence-electron chi connectivity index (χ2n) is 5.21. The van der Waals surface area contributed by atoms with Crippen LogP contribution in [0.2, 0.25) is 0 Å². The first-order chi connectivity index (χ1) is 9.24. The van der Waals surface area contributed by atoms with Crippen molar-refractivity contribution in [1.82, 2.24) is 0 Å². The van der Waals surface area contributed by atoms with E-state index in [2.05, 4.69) is 6.92 Å². The van der Waals surface area contributed by atoms with Crippen LogP contribution in [0.25, 0.3) is 0 Å².